The number of allylic oxidation sites excluding steroid dienone is 2. The topological polar surface area (TPSA) is 55.4 Å². The number of hydrogen-bond donors (Lipinski definition) is 1. The van der Waals surface area contributed by atoms with Crippen LogP contribution in [0.2, 0.25) is 0 Å². The predicted molar refractivity (Wildman–Crippen MR) is 83.7 cm³/mol. The second kappa shape index (κ2) is 9.37. The van der Waals surface area contributed by atoms with Crippen LogP contribution in [0.1, 0.15) is 46.0 Å². The van der Waals surface area contributed by atoms with Crippen LogP contribution in [0, 0.1) is 11.8 Å². The average Bonchev–Trinajstić information content (AvgIpc) is 2.90. The van der Waals surface area contributed by atoms with E-state index in [9.17, 15) is 9.59 Å². The number of esters is 1. The third-order valence-electron chi connectivity index (χ3n) is 3.95. The number of nitrogens with one attached hydrogen (secondary N) is 1. The van der Waals surface area contributed by atoms with Crippen LogP contribution in [0.25, 0.3) is 0 Å². The molecule has 2 unspecified atom stereocenters. The van der Waals surface area contributed by atoms with Crippen LogP contribution in [0.15, 0.2) is 24.3 Å². The van der Waals surface area contributed by atoms with Gasteiger partial charge in [-0.3, -0.25) is 4.79 Å². The zero-order valence-corrected chi connectivity index (χ0v) is 13.2. The molecule has 0 radical (unpaired) electrons. The first-order chi connectivity index (χ1) is 10.1. The minimum absolute atomic E-state index is 0.0990. The molecule has 1 aliphatic heterocycles. The highest BCUT2D eigenvalue weighted by atomic mass is 16.5. The Morgan fingerprint density at radius 1 is 1.52 bits per heavy atom. The van der Waals surface area contributed by atoms with Crippen molar-refractivity contribution in [1.29, 1.82) is 0 Å². The van der Waals surface area contributed by atoms with Crippen LogP contribution >= 0.6 is 0 Å². The SMILES string of the molecule is C=C/C=C(/C(=O)OCC(CC)CCCC)C1CCNC1=O. The standard InChI is InChI=1S/C17H27NO3/c1-4-7-9-13(6-3)12-21-17(20)15(8-5-2)14-10-11-18-16(14)19/h5,8,13-14H,2,4,6-7,9-12H2,1,3H3,(H,18,19)/b15-8+. The summed E-state index contributed by atoms with van der Waals surface area (Å²) in [5.41, 5.74) is 0.422. The van der Waals surface area contributed by atoms with Crippen LogP contribution < -0.4 is 5.32 Å². The Balaban J connectivity index is 2.59. The van der Waals surface area contributed by atoms with Crippen molar-refractivity contribution < 1.29 is 14.3 Å². The molecule has 1 fully saturated rings. The molecule has 0 aliphatic carbocycles. The van der Waals surface area contributed by atoms with Gasteiger partial charge in [0.15, 0.2) is 0 Å². The first-order valence-electron chi connectivity index (χ1n) is 7.91. The van der Waals surface area contributed by atoms with Gasteiger partial charge in [0, 0.05) is 12.1 Å². The molecule has 1 heterocycles. The molecule has 0 spiro atoms. The molecule has 2 atom stereocenters. The minimum atomic E-state index is -0.397. The normalized spacial score (nSPS) is 20.0. The molecule has 0 bridgehead atoms. The number of ether oxygens (including phenoxy) is 1. The molecule has 0 aromatic heterocycles. The van der Waals surface area contributed by atoms with Gasteiger partial charge in [-0.15, -0.1) is 0 Å². The van der Waals surface area contributed by atoms with Crippen molar-refractivity contribution in [2.24, 2.45) is 11.8 Å². The van der Waals surface area contributed by atoms with Crippen LogP contribution in [-0.4, -0.2) is 25.0 Å². The molecular formula is C17H27NO3. The van der Waals surface area contributed by atoms with Gasteiger partial charge in [-0.05, 0) is 18.8 Å². The lowest BCUT2D eigenvalue weighted by Crippen LogP contribution is -2.25. The van der Waals surface area contributed by atoms with E-state index in [1.165, 1.54) is 6.08 Å². The molecule has 1 rings (SSSR count). The van der Waals surface area contributed by atoms with E-state index in [-0.39, 0.29) is 11.9 Å². The fourth-order valence-electron chi connectivity index (χ4n) is 2.52. The zero-order chi connectivity index (χ0) is 15.7. The highest BCUT2D eigenvalue weighted by Gasteiger charge is 2.32. The Morgan fingerprint density at radius 2 is 2.29 bits per heavy atom. The summed E-state index contributed by atoms with van der Waals surface area (Å²) in [7, 11) is 0. The van der Waals surface area contributed by atoms with Crippen LogP contribution in [0.5, 0.6) is 0 Å². The molecule has 21 heavy (non-hydrogen) atoms. The van der Waals surface area contributed by atoms with Crippen molar-refractivity contribution >= 4 is 11.9 Å². The maximum Gasteiger partial charge on any atom is 0.334 e. The van der Waals surface area contributed by atoms with Gasteiger partial charge in [-0.1, -0.05) is 51.8 Å². The molecule has 4 nitrogen and oxygen atoms in total. The summed E-state index contributed by atoms with van der Waals surface area (Å²) in [5.74, 6) is -0.479. The maximum atomic E-state index is 12.2. The molecule has 0 aromatic rings. The third-order valence-corrected chi connectivity index (χ3v) is 3.95. The van der Waals surface area contributed by atoms with E-state index in [1.807, 2.05) is 0 Å². The van der Waals surface area contributed by atoms with Crippen molar-refractivity contribution in [1.82, 2.24) is 5.32 Å². The maximum absolute atomic E-state index is 12.2. The number of rotatable bonds is 9. The smallest absolute Gasteiger partial charge is 0.334 e. The van der Waals surface area contributed by atoms with Crippen molar-refractivity contribution in [3.8, 4) is 0 Å². The Labute approximate surface area is 127 Å². The van der Waals surface area contributed by atoms with E-state index >= 15 is 0 Å². The molecule has 1 amide bonds. The number of carbonyl (C=O) groups excluding carboxylic acids is 2. The quantitative estimate of drug-likeness (QED) is 0.404. The monoisotopic (exact) mass is 293 g/mol. The second-order valence-electron chi connectivity index (χ2n) is 5.50. The molecule has 0 aromatic carbocycles. The lowest BCUT2D eigenvalue weighted by atomic mass is 9.96. The van der Waals surface area contributed by atoms with Gasteiger partial charge in [0.05, 0.1) is 12.5 Å². The summed E-state index contributed by atoms with van der Waals surface area (Å²) < 4.78 is 5.43. The van der Waals surface area contributed by atoms with Gasteiger partial charge < -0.3 is 10.1 Å². The van der Waals surface area contributed by atoms with E-state index < -0.39 is 5.92 Å². The Kier molecular flexibility index (Phi) is 7.80. The number of hydrogen-bond acceptors (Lipinski definition) is 3. The summed E-state index contributed by atoms with van der Waals surface area (Å²) in [4.78, 5) is 24.0. The third kappa shape index (κ3) is 5.37. The molecule has 4 heteroatoms. The molecule has 1 saturated heterocycles. The molecular weight excluding hydrogens is 266 g/mol. The van der Waals surface area contributed by atoms with Crippen LogP contribution in [0.3, 0.4) is 0 Å². The minimum Gasteiger partial charge on any atom is -0.462 e. The van der Waals surface area contributed by atoms with E-state index in [1.54, 1.807) is 6.08 Å². The fraction of sp³-hybridized carbons (Fsp3) is 0.647. The van der Waals surface area contributed by atoms with Crippen LogP contribution in [-0.2, 0) is 14.3 Å². The highest BCUT2D eigenvalue weighted by molar-refractivity contribution is 5.98. The molecule has 0 saturated carbocycles. The van der Waals surface area contributed by atoms with E-state index in [2.05, 4.69) is 25.7 Å². The molecule has 1 N–H and O–H groups in total. The lowest BCUT2D eigenvalue weighted by Gasteiger charge is -2.17. The Morgan fingerprint density at radius 3 is 2.81 bits per heavy atom. The fourth-order valence-corrected chi connectivity index (χ4v) is 2.52. The van der Waals surface area contributed by atoms with Crippen molar-refractivity contribution in [3.05, 3.63) is 24.3 Å². The second-order valence-corrected chi connectivity index (χ2v) is 5.50. The number of amides is 1. The largest absolute Gasteiger partial charge is 0.462 e. The van der Waals surface area contributed by atoms with Gasteiger partial charge >= 0.3 is 5.97 Å². The zero-order valence-electron chi connectivity index (χ0n) is 13.2. The summed E-state index contributed by atoms with van der Waals surface area (Å²) in [5, 5.41) is 2.75. The number of unbranched alkanes of at least 4 members (excludes halogenated alkanes) is 1. The molecule has 1 aliphatic rings. The van der Waals surface area contributed by atoms with Crippen LogP contribution in [0.4, 0.5) is 0 Å². The van der Waals surface area contributed by atoms with Gasteiger partial charge in [0.2, 0.25) is 5.91 Å². The van der Waals surface area contributed by atoms with Gasteiger partial charge in [0.25, 0.3) is 0 Å². The first-order valence-corrected chi connectivity index (χ1v) is 7.91. The Bertz CT molecular complexity index is 401. The van der Waals surface area contributed by atoms with Crippen molar-refractivity contribution in [3.63, 3.8) is 0 Å². The first kappa shape index (κ1) is 17.5. The summed E-state index contributed by atoms with van der Waals surface area (Å²) in [6.45, 7) is 8.92. The Hall–Kier alpha value is -1.58. The molecule has 118 valence electrons. The van der Waals surface area contributed by atoms with E-state index in [0.29, 0.717) is 31.1 Å². The van der Waals surface area contributed by atoms with Gasteiger partial charge in [-0.25, -0.2) is 4.79 Å². The highest BCUT2D eigenvalue weighted by Crippen LogP contribution is 2.22. The number of carbonyl (C=O) groups is 2. The van der Waals surface area contributed by atoms with Gasteiger partial charge in [-0.2, -0.15) is 0 Å². The lowest BCUT2D eigenvalue weighted by molar-refractivity contribution is -0.142. The van der Waals surface area contributed by atoms with E-state index in [0.717, 1.165) is 25.7 Å². The van der Waals surface area contributed by atoms with E-state index in [4.69, 9.17) is 4.74 Å². The van der Waals surface area contributed by atoms with Crippen molar-refractivity contribution in [2.45, 2.75) is 46.0 Å². The van der Waals surface area contributed by atoms with Gasteiger partial charge in [0.1, 0.15) is 0 Å². The summed E-state index contributed by atoms with van der Waals surface area (Å²) >= 11 is 0. The average molecular weight is 293 g/mol. The van der Waals surface area contributed by atoms with Crippen molar-refractivity contribution in [2.75, 3.05) is 13.2 Å². The summed E-state index contributed by atoms with van der Waals surface area (Å²) in [6, 6.07) is 0. The predicted octanol–water partition coefficient (Wildman–Crippen LogP) is 2.99. The summed E-state index contributed by atoms with van der Waals surface area (Å²) in [6.07, 6.45) is 8.15.